The molecule has 2 rings (SSSR count). The van der Waals surface area contributed by atoms with Gasteiger partial charge in [0.1, 0.15) is 5.75 Å². The van der Waals surface area contributed by atoms with Crippen molar-refractivity contribution in [3.8, 4) is 5.75 Å². The van der Waals surface area contributed by atoms with Crippen LogP contribution in [-0.4, -0.2) is 38.0 Å². The Kier molecular flexibility index (Phi) is 8.41. The van der Waals surface area contributed by atoms with Crippen molar-refractivity contribution < 1.29 is 23.9 Å². The van der Waals surface area contributed by atoms with E-state index in [0.29, 0.717) is 12.2 Å². The first-order valence-corrected chi connectivity index (χ1v) is 9.72. The van der Waals surface area contributed by atoms with Crippen molar-refractivity contribution in [3.63, 3.8) is 0 Å². The number of carbonyl (C=O) groups excluding carboxylic acids is 3. The molecule has 0 atom stereocenters. The van der Waals surface area contributed by atoms with Crippen LogP contribution < -0.4 is 15.4 Å². The highest BCUT2D eigenvalue weighted by Gasteiger charge is 2.12. The number of anilines is 1. The number of carbonyl (C=O) groups is 3. The number of methoxy groups -OCH3 is 1. The van der Waals surface area contributed by atoms with Crippen LogP contribution in [0.2, 0.25) is 0 Å². The fourth-order valence-corrected chi connectivity index (χ4v) is 3.16. The number of ether oxygens (including phenoxy) is 2. The molecule has 0 saturated heterocycles. The first kappa shape index (κ1) is 22.9. The van der Waals surface area contributed by atoms with Crippen LogP contribution in [0.3, 0.4) is 0 Å². The molecule has 2 aromatic rings. The summed E-state index contributed by atoms with van der Waals surface area (Å²) in [5.41, 5.74) is 4.65. The second-order valence-electron chi connectivity index (χ2n) is 7.07. The lowest BCUT2D eigenvalue weighted by Gasteiger charge is -2.13. The summed E-state index contributed by atoms with van der Waals surface area (Å²) >= 11 is 0. The van der Waals surface area contributed by atoms with Crippen LogP contribution in [0.5, 0.6) is 5.75 Å². The number of nitrogens with one attached hydrogen (secondary N) is 2. The van der Waals surface area contributed by atoms with Crippen molar-refractivity contribution in [2.75, 3.05) is 25.6 Å². The SMILES string of the molecule is COc1ccccc1CCC(=O)OCC(=O)NCC(=O)Nc1c(C)cc(C)cc1C. The molecule has 0 radical (unpaired) electrons. The predicted octanol–water partition coefficient (Wildman–Crippen LogP) is 2.85. The van der Waals surface area contributed by atoms with Gasteiger partial charge in [-0.05, 0) is 49.9 Å². The van der Waals surface area contributed by atoms with Crippen molar-refractivity contribution >= 4 is 23.5 Å². The van der Waals surface area contributed by atoms with Gasteiger partial charge in [0.2, 0.25) is 5.91 Å². The largest absolute Gasteiger partial charge is 0.496 e. The maximum Gasteiger partial charge on any atom is 0.306 e. The van der Waals surface area contributed by atoms with E-state index >= 15 is 0 Å². The minimum Gasteiger partial charge on any atom is -0.496 e. The molecule has 2 amide bonds. The normalized spacial score (nSPS) is 10.3. The standard InChI is InChI=1S/C23H28N2O5/c1-15-11-16(2)23(17(3)12-15)25-20(26)13-24-21(27)14-30-22(28)10-9-18-7-5-6-8-19(18)29-4/h5-8,11-12H,9-10,13-14H2,1-4H3,(H,24,27)(H,25,26). The number of hydrogen-bond acceptors (Lipinski definition) is 5. The summed E-state index contributed by atoms with van der Waals surface area (Å²) in [4.78, 5) is 35.9. The summed E-state index contributed by atoms with van der Waals surface area (Å²) in [6.07, 6.45) is 0.572. The molecule has 0 spiro atoms. The summed E-state index contributed by atoms with van der Waals surface area (Å²) < 4.78 is 10.2. The van der Waals surface area contributed by atoms with E-state index in [1.54, 1.807) is 7.11 Å². The van der Waals surface area contributed by atoms with Gasteiger partial charge in [0.15, 0.2) is 6.61 Å². The number of esters is 1. The average Bonchev–Trinajstić information content (AvgIpc) is 2.71. The van der Waals surface area contributed by atoms with Crippen molar-refractivity contribution in [1.29, 1.82) is 0 Å². The number of benzene rings is 2. The van der Waals surface area contributed by atoms with Gasteiger partial charge in [0, 0.05) is 12.1 Å². The lowest BCUT2D eigenvalue weighted by Crippen LogP contribution is -2.35. The summed E-state index contributed by atoms with van der Waals surface area (Å²) in [5, 5.41) is 5.25. The number of amides is 2. The van der Waals surface area contributed by atoms with E-state index in [4.69, 9.17) is 9.47 Å². The van der Waals surface area contributed by atoms with Gasteiger partial charge < -0.3 is 20.1 Å². The Balaban J connectivity index is 1.72. The molecule has 0 aliphatic rings. The van der Waals surface area contributed by atoms with Crippen molar-refractivity contribution in [2.24, 2.45) is 0 Å². The molecule has 2 N–H and O–H groups in total. The highest BCUT2D eigenvalue weighted by atomic mass is 16.5. The minimum atomic E-state index is -0.534. The van der Waals surface area contributed by atoms with E-state index in [2.05, 4.69) is 10.6 Å². The Morgan fingerprint density at radius 1 is 0.967 bits per heavy atom. The van der Waals surface area contributed by atoms with E-state index < -0.39 is 18.5 Å². The Labute approximate surface area is 176 Å². The quantitative estimate of drug-likeness (QED) is 0.618. The van der Waals surface area contributed by atoms with Gasteiger partial charge in [0.05, 0.1) is 13.7 Å². The summed E-state index contributed by atoms with van der Waals surface area (Å²) in [5.74, 6) is -0.673. The van der Waals surface area contributed by atoms with E-state index in [0.717, 1.165) is 27.9 Å². The molecule has 0 aromatic heterocycles. The third-order valence-corrected chi connectivity index (χ3v) is 4.54. The number of hydrogen-bond donors (Lipinski definition) is 2. The molecule has 0 unspecified atom stereocenters. The van der Waals surface area contributed by atoms with Gasteiger partial charge in [-0.1, -0.05) is 35.9 Å². The fourth-order valence-electron chi connectivity index (χ4n) is 3.16. The van der Waals surface area contributed by atoms with Gasteiger partial charge in [-0.3, -0.25) is 14.4 Å². The first-order valence-electron chi connectivity index (χ1n) is 9.72. The second kappa shape index (κ2) is 11.0. The molecule has 30 heavy (non-hydrogen) atoms. The zero-order chi connectivity index (χ0) is 22.1. The number of rotatable bonds is 9. The van der Waals surface area contributed by atoms with Crippen molar-refractivity contribution in [2.45, 2.75) is 33.6 Å². The molecular formula is C23H28N2O5. The van der Waals surface area contributed by atoms with Crippen LogP contribution in [0.15, 0.2) is 36.4 Å². The lowest BCUT2D eigenvalue weighted by molar-refractivity contribution is -0.148. The van der Waals surface area contributed by atoms with Gasteiger partial charge in [-0.15, -0.1) is 0 Å². The van der Waals surface area contributed by atoms with Gasteiger partial charge in [0.25, 0.3) is 5.91 Å². The van der Waals surface area contributed by atoms with Crippen LogP contribution in [0.25, 0.3) is 0 Å². The Morgan fingerprint density at radius 3 is 2.30 bits per heavy atom. The molecule has 2 aromatic carbocycles. The topological polar surface area (TPSA) is 93.7 Å². The molecule has 7 nitrogen and oxygen atoms in total. The predicted molar refractivity (Wildman–Crippen MR) is 115 cm³/mol. The summed E-state index contributed by atoms with van der Waals surface area (Å²) in [6.45, 7) is 5.19. The van der Waals surface area contributed by atoms with Crippen molar-refractivity contribution in [3.05, 3.63) is 58.7 Å². The molecule has 0 aliphatic heterocycles. The van der Waals surface area contributed by atoms with Gasteiger partial charge in [-0.25, -0.2) is 0 Å². The lowest BCUT2D eigenvalue weighted by atomic mass is 10.1. The van der Waals surface area contributed by atoms with Gasteiger partial charge in [-0.2, -0.15) is 0 Å². The van der Waals surface area contributed by atoms with Crippen LogP contribution in [0, 0.1) is 20.8 Å². The zero-order valence-electron chi connectivity index (χ0n) is 17.8. The van der Waals surface area contributed by atoms with Crippen LogP contribution in [0.1, 0.15) is 28.7 Å². The molecule has 0 heterocycles. The van der Waals surface area contributed by atoms with E-state index in [9.17, 15) is 14.4 Å². The van der Waals surface area contributed by atoms with Crippen LogP contribution in [0.4, 0.5) is 5.69 Å². The summed E-state index contributed by atoms with van der Waals surface area (Å²) in [7, 11) is 1.57. The van der Waals surface area contributed by atoms with Crippen LogP contribution >= 0.6 is 0 Å². The number of para-hydroxylation sites is 1. The number of aryl methyl sites for hydroxylation is 4. The van der Waals surface area contributed by atoms with E-state index in [-0.39, 0.29) is 18.9 Å². The van der Waals surface area contributed by atoms with Gasteiger partial charge >= 0.3 is 5.97 Å². The highest BCUT2D eigenvalue weighted by molar-refractivity contribution is 5.96. The second-order valence-corrected chi connectivity index (χ2v) is 7.07. The van der Waals surface area contributed by atoms with E-state index in [1.807, 2.05) is 57.2 Å². The Hall–Kier alpha value is -3.35. The van der Waals surface area contributed by atoms with E-state index in [1.165, 1.54) is 0 Å². The third kappa shape index (κ3) is 6.92. The highest BCUT2D eigenvalue weighted by Crippen LogP contribution is 2.21. The molecule has 7 heteroatoms. The molecule has 160 valence electrons. The zero-order valence-corrected chi connectivity index (χ0v) is 17.8. The van der Waals surface area contributed by atoms with Crippen molar-refractivity contribution in [1.82, 2.24) is 5.32 Å². The Bertz CT molecular complexity index is 901. The monoisotopic (exact) mass is 412 g/mol. The molecule has 0 saturated carbocycles. The van der Waals surface area contributed by atoms with Crippen LogP contribution in [-0.2, 0) is 25.5 Å². The average molecular weight is 412 g/mol. The summed E-state index contributed by atoms with van der Waals surface area (Å²) in [6, 6.07) is 11.4. The first-order chi connectivity index (χ1) is 14.3. The molecule has 0 aliphatic carbocycles. The molecular weight excluding hydrogens is 384 g/mol. The minimum absolute atomic E-state index is 0.125. The molecule has 0 fully saturated rings. The Morgan fingerprint density at radius 2 is 1.63 bits per heavy atom. The fraction of sp³-hybridized carbons (Fsp3) is 0.348. The third-order valence-electron chi connectivity index (χ3n) is 4.54. The molecule has 0 bridgehead atoms. The maximum atomic E-state index is 12.1. The maximum absolute atomic E-state index is 12.1. The smallest absolute Gasteiger partial charge is 0.306 e.